The molecule has 120 valence electrons. The molecule has 1 spiro atoms. The summed E-state index contributed by atoms with van der Waals surface area (Å²) in [5.41, 5.74) is 0. The molecule has 6 heteroatoms. The maximum atomic E-state index is 11.7. The van der Waals surface area contributed by atoms with E-state index < -0.39 is 17.6 Å². The second-order valence-electron chi connectivity index (χ2n) is 6.32. The topological polar surface area (TPSA) is 76.7 Å². The van der Waals surface area contributed by atoms with E-state index in [1.165, 1.54) is 0 Å². The van der Waals surface area contributed by atoms with Gasteiger partial charge in [0.1, 0.15) is 6.10 Å². The van der Waals surface area contributed by atoms with Crippen LogP contribution in [0, 0.1) is 5.92 Å². The standard InChI is InChI=1S/C15H26N2O4/c1-11(2)5-8-16-13(18)14(19)17-9-12-10-20-15(21-12)6-3-4-7-15/h11-12H,3-10H2,1-2H3,(H,16,18)(H,17,19)/t12-/m1/s1. The van der Waals surface area contributed by atoms with Crippen LogP contribution in [0.2, 0.25) is 0 Å². The van der Waals surface area contributed by atoms with Crippen LogP contribution in [0.15, 0.2) is 0 Å². The normalized spacial score (nSPS) is 23.7. The summed E-state index contributed by atoms with van der Waals surface area (Å²) in [6, 6.07) is 0. The SMILES string of the molecule is CC(C)CCNC(=O)C(=O)NC[C@@H]1COC2(CCCC2)O1. The van der Waals surface area contributed by atoms with E-state index in [-0.39, 0.29) is 6.10 Å². The van der Waals surface area contributed by atoms with Crippen molar-refractivity contribution < 1.29 is 19.1 Å². The molecule has 21 heavy (non-hydrogen) atoms. The number of hydrogen-bond acceptors (Lipinski definition) is 4. The van der Waals surface area contributed by atoms with Crippen LogP contribution in [0.25, 0.3) is 0 Å². The maximum absolute atomic E-state index is 11.7. The molecule has 0 radical (unpaired) electrons. The predicted octanol–water partition coefficient (Wildman–Crippen LogP) is 0.951. The summed E-state index contributed by atoms with van der Waals surface area (Å²) in [4.78, 5) is 23.3. The van der Waals surface area contributed by atoms with Crippen molar-refractivity contribution in [1.82, 2.24) is 10.6 Å². The van der Waals surface area contributed by atoms with Crippen molar-refractivity contribution in [3.63, 3.8) is 0 Å². The van der Waals surface area contributed by atoms with Crippen molar-refractivity contribution in [2.24, 2.45) is 5.92 Å². The van der Waals surface area contributed by atoms with E-state index in [0.717, 1.165) is 32.1 Å². The Kier molecular flexibility index (Phi) is 5.58. The molecule has 2 rings (SSSR count). The third kappa shape index (κ3) is 4.68. The fraction of sp³-hybridized carbons (Fsp3) is 0.867. The molecular formula is C15H26N2O4. The fourth-order valence-corrected chi connectivity index (χ4v) is 2.73. The summed E-state index contributed by atoms with van der Waals surface area (Å²) in [5.74, 6) is -1.10. The van der Waals surface area contributed by atoms with Gasteiger partial charge in [-0.2, -0.15) is 0 Å². The number of nitrogens with one attached hydrogen (secondary N) is 2. The zero-order chi connectivity index (χ0) is 15.3. The van der Waals surface area contributed by atoms with E-state index in [0.29, 0.717) is 25.6 Å². The molecular weight excluding hydrogens is 272 g/mol. The lowest BCUT2D eigenvalue weighted by molar-refractivity contribution is -0.161. The molecule has 0 bridgehead atoms. The molecule has 2 fully saturated rings. The average Bonchev–Trinajstić information content (AvgIpc) is 3.06. The number of carbonyl (C=O) groups is 2. The van der Waals surface area contributed by atoms with Gasteiger partial charge in [-0.1, -0.05) is 13.8 Å². The van der Waals surface area contributed by atoms with Crippen LogP contribution >= 0.6 is 0 Å². The second kappa shape index (κ2) is 7.22. The van der Waals surface area contributed by atoms with Gasteiger partial charge in [-0.25, -0.2) is 0 Å². The average molecular weight is 298 g/mol. The summed E-state index contributed by atoms with van der Waals surface area (Å²) < 4.78 is 11.6. The van der Waals surface area contributed by atoms with Crippen LogP contribution in [0.3, 0.4) is 0 Å². The van der Waals surface area contributed by atoms with E-state index in [1.807, 2.05) is 0 Å². The van der Waals surface area contributed by atoms with Gasteiger partial charge in [0.15, 0.2) is 5.79 Å². The largest absolute Gasteiger partial charge is 0.348 e. The van der Waals surface area contributed by atoms with Crippen molar-refractivity contribution in [3.05, 3.63) is 0 Å². The highest BCUT2D eigenvalue weighted by atomic mass is 16.7. The highest BCUT2D eigenvalue weighted by Crippen LogP contribution is 2.38. The number of hydrogen-bond donors (Lipinski definition) is 2. The molecule has 1 saturated heterocycles. The molecule has 6 nitrogen and oxygen atoms in total. The van der Waals surface area contributed by atoms with Crippen LogP contribution in [0.4, 0.5) is 0 Å². The highest BCUT2D eigenvalue weighted by molar-refractivity contribution is 6.35. The van der Waals surface area contributed by atoms with Gasteiger partial charge in [0, 0.05) is 25.9 Å². The Bertz CT molecular complexity index is 378. The Hall–Kier alpha value is -1.14. The van der Waals surface area contributed by atoms with Crippen LogP contribution in [0.5, 0.6) is 0 Å². The van der Waals surface area contributed by atoms with Crippen molar-refractivity contribution in [1.29, 1.82) is 0 Å². The Morgan fingerprint density at radius 2 is 1.86 bits per heavy atom. The minimum atomic E-state index is -0.602. The molecule has 1 saturated carbocycles. The lowest BCUT2D eigenvalue weighted by atomic mass is 10.1. The van der Waals surface area contributed by atoms with Gasteiger partial charge in [0.2, 0.25) is 0 Å². The van der Waals surface area contributed by atoms with E-state index >= 15 is 0 Å². The van der Waals surface area contributed by atoms with E-state index in [1.54, 1.807) is 0 Å². The molecule has 0 aromatic carbocycles. The van der Waals surface area contributed by atoms with Gasteiger partial charge in [-0.05, 0) is 25.2 Å². The Labute approximate surface area is 125 Å². The van der Waals surface area contributed by atoms with Crippen molar-refractivity contribution in [3.8, 4) is 0 Å². The molecule has 0 aromatic heterocycles. The van der Waals surface area contributed by atoms with Gasteiger partial charge < -0.3 is 20.1 Å². The first-order chi connectivity index (χ1) is 10.0. The van der Waals surface area contributed by atoms with Crippen LogP contribution in [0.1, 0.15) is 46.0 Å². The molecule has 1 heterocycles. The lowest BCUT2D eigenvalue weighted by Gasteiger charge is -2.21. The first-order valence-corrected chi connectivity index (χ1v) is 7.88. The zero-order valence-electron chi connectivity index (χ0n) is 12.9. The van der Waals surface area contributed by atoms with Crippen LogP contribution in [-0.2, 0) is 19.1 Å². The Morgan fingerprint density at radius 3 is 2.52 bits per heavy atom. The van der Waals surface area contributed by atoms with Gasteiger partial charge in [0.05, 0.1) is 6.61 Å². The summed E-state index contributed by atoms with van der Waals surface area (Å²) in [6.45, 7) is 5.47. The van der Waals surface area contributed by atoms with Crippen molar-refractivity contribution >= 4 is 11.8 Å². The van der Waals surface area contributed by atoms with E-state index in [2.05, 4.69) is 24.5 Å². The first-order valence-electron chi connectivity index (χ1n) is 7.88. The monoisotopic (exact) mass is 298 g/mol. The molecule has 2 amide bonds. The number of rotatable bonds is 5. The molecule has 0 aromatic rings. The quantitative estimate of drug-likeness (QED) is 0.741. The van der Waals surface area contributed by atoms with Gasteiger partial charge in [-0.15, -0.1) is 0 Å². The Balaban J connectivity index is 1.64. The van der Waals surface area contributed by atoms with Crippen LogP contribution < -0.4 is 10.6 Å². The minimum absolute atomic E-state index is 0.157. The first kappa shape index (κ1) is 16.2. The molecule has 1 atom stereocenters. The van der Waals surface area contributed by atoms with Gasteiger partial charge in [-0.3, -0.25) is 9.59 Å². The third-order valence-corrected chi connectivity index (χ3v) is 3.98. The summed E-state index contributed by atoms with van der Waals surface area (Å²) >= 11 is 0. The van der Waals surface area contributed by atoms with Crippen molar-refractivity contribution in [2.75, 3.05) is 19.7 Å². The van der Waals surface area contributed by atoms with Crippen LogP contribution in [-0.4, -0.2) is 43.4 Å². The maximum Gasteiger partial charge on any atom is 0.309 e. The predicted molar refractivity (Wildman–Crippen MR) is 77.5 cm³/mol. The number of amides is 2. The molecule has 1 aliphatic heterocycles. The third-order valence-electron chi connectivity index (χ3n) is 3.98. The molecule has 2 aliphatic rings. The summed E-state index contributed by atoms with van der Waals surface area (Å²) in [6.07, 6.45) is 4.80. The molecule has 2 N–H and O–H groups in total. The Morgan fingerprint density at radius 1 is 1.19 bits per heavy atom. The lowest BCUT2D eigenvalue weighted by Crippen LogP contribution is -2.43. The number of ether oxygens (including phenoxy) is 2. The van der Waals surface area contributed by atoms with Gasteiger partial charge >= 0.3 is 11.8 Å². The summed E-state index contributed by atoms with van der Waals surface area (Å²) in [7, 11) is 0. The zero-order valence-corrected chi connectivity index (χ0v) is 12.9. The molecule has 0 unspecified atom stereocenters. The van der Waals surface area contributed by atoms with E-state index in [4.69, 9.17) is 9.47 Å². The van der Waals surface area contributed by atoms with Gasteiger partial charge in [0.25, 0.3) is 0 Å². The second-order valence-corrected chi connectivity index (χ2v) is 6.32. The number of carbonyl (C=O) groups excluding carboxylic acids is 2. The fourth-order valence-electron chi connectivity index (χ4n) is 2.73. The summed E-state index contributed by atoms with van der Waals surface area (Å²) in [5, 5.41) is 5.23. The highest BCUT2D eigenvalue weighted by Gasteiger charge is 2.43. The van der Waals surface area contributed by atoms with E-state index in [9.17, 15) is 9.59 Å². The minimum Gasteiger partial charge on any atom is -0.348 e. The van der Waals surface area contributed by atoms with Crippen molar-refractivity contribution in [2.45, 2.75) is 57.8 Å². The molecule has 1 aliphatic carbocycles. The smallest absolute Gasteiger partial charge is 0.309 e.